The number of nitrogens with zero attached hydrogens (tertiary/aromatic N) is 2. The minimum atomic E-state index is 1.12. The largest absolute Gasteiger partial charge is 0.308 e. The Bertz CT molecular complexity index is 2490. The van der Waals surface area contributed by atoms with E-state index in [1.165, 1.54) is 59.8 Å². The second kappa shape index (κ2) is 9.86. The number of hydrogen-bond acceptors (Lipinski definition) is 1. The van der Waals surface area contributed by atoms with Gasteiger partial charge in [-0.3, -0.25) is 0 Å². The second-order valence-corrected chi connectivity index (χ2v) is 11.4. The van der Waals surface area contributed by atoms with E-state index >= 15 is 0 Å². The zero-order chi connectivity index (χ0) is 29.0. The van der Waals surface area contributed by atoms with Crippen molar-refractivity contribution in [3.8, 4) is 5.69 Å². The van der Waals surface area contributed by atoms with Gasteiger partial charge in [0.15, 0.2) is 0 Å². The van der Waals surface area contributed by atoms with Gasteiger partial charge >= 0.3 is 0 Å². The monoisotopic (exact) mass is 560 g/mol. The van der Waals surface area contributed by atoms with Gasteiger partial charge < -0.3 is 9.47 Å². The Labute approximate surface area is 255 Å². The molecule has 0 aliphatic carbocycles. The van der Waals surface area contributed by atoms with Crippen LogP contribution in [0.25, 0.3) is 59.8 Å². The van der Waals surface area contributed by atoms with Crippen LogP contribution in [0.2, 0.25) is 0 Å². The third kappa shape index (κ3) is 3.68. The highest BCUT2D eigenvalue weighted by molar-refractivity contribution is 6.24. The molecule has 0 aliphatic heterocycles. The molecule has 0 fully saturated rings. The van der Waals surface area contributed by atoms with Crippen molar-refractivity contribution in [3.63, 3.8) is 0 Å². The molecule has 0 saturated heterocycles. The summed E-state index contributed by atoms with van der Waals surface area (Å²) in [6, 6.07) is 61.5. The van der Waals surface area contributed by atoms with Gasteiger partial charge in [-0.05, 0) is 69.4 Å². The topological polar surface area (TPSA) is 8.17 Å². The molecule has 206 valence electrons. The molecule has 1 heterocycles. The highest BCUT2D eigenvalue weighted by Crippen LogP contribution is 2.47. The summed E-state index contributed by atoms with van der Waals surface area (Å²) in [7, 11) is 0. The average Bonchev–Trinajstić information content (AvgIpc) is 3.44. The van der Waals surface area contributed by atoms with Gasteiger partial charge in [0.1, 0.15) is 0 Å². The van der Waals surface area contributed by atoms with Crippen LogP contribution in [-0.2, 0) is 0 Å². The minimum Gasteiger partial charge on any atom is -0.308 e. The Morgan fingerprint density at radius 2 is 1.02 bits per heavy atom. The lowest BCUT2D eigenvalue weighted by Gasteiger charge is -2.29. The molecule has 0 spiro atoms. The first-order valence-electron chi connectivity index (χ1n) is 15.1. The highest BCUT2D eigenvalue weighted by atomic mass is 15.2. The molecule has 0 N–H and O–H groups in total. The molecular weight excluding hydrogens is 532 g/mol. The quantitative estimate of drug-likeness (QED) is 0.194. The highest BCUT2D eigenvalue weighted by Gasteiger charge is 2.23. The van der Waals surface area contributed by atoms with Gasteiger partial charge in [-0.15, -0.1) is 0 Å². The molecular formula is C42H28N2. The first kappa shape index (κ1) is 24.7. The van der Waals surface area contributed by atoms with E-state index in [0.29, 0.717) is 0 Å². The van der Waals surface area contributed by atoms with Crippen molar-refractivity contribution in [2.75, 3.05) is 4.90 Å². The van der Waals surface area contributed by atoms with E-state index in [9.17, 15) is 0 Å². The van der Waals surface area contributed by atoms with E-state index in [4.69, 9.17) is 0 Å². The third-order valence-corrected chi connectivity index (χ3v) is 8.91. The van der Waals surface area contributed by atoms with Crippen molar-refractivity contribution >= 4 is 71.2 Å². The molecule has 0 atom stereocenters. The molecule has 0 radical (unpaired) electrons. The zero-order valence-electron chi connectivity index (χ0n) is 24.1. The standard InChI is InChI=1S/C42H28N2/c1-3-16-31(17-4-1)43(40-28-30-15-8-9-20-33(30)36-27-26-29-14-7-10-21-34(29)41(36)40)39-25-13-23-37-35-22-11-12-24-38(35)44(42(37)39)32-18-5-2-6-19-32/h1-28H. The van der Waals surface area contributed by atoms with Crippen LogP contribution in [0, 0.1) is 0 Å². The Hall–Kier alpha value is -5.86. The van der Waals surface area contributed by atoms with Gasteiger partial charge in [0.25, 0.3) is 0 Å². The fourth-order valence-corrected chi connectivity index (χ4v) is 7.05. The molecule has 2 nitrogen and oxygen atoms in total. The van der Waals surface area contributed by atoms with Gasteiger partial charge in [-0.2, -0.15) is 0 Å². The Balaban J connectivity index is 1.49. The number of para-hydroxylation sites is 4. The van der Waals surface area contributed by atoms with Crippen molar-refractivity contribution in [1.82, 2.24) is 4.57 Å². The maximum Gasteiger partial charge on any atom is 0.0782 e. The van der Waals surface area contributed by atoms with E-state index in [0.717, 1.165) is 17.1 Å². The summed E-state index contributed by atoms with van der Waals surface area (Å²) in [5, 5.41) is 9.97. The summed E-state index contributed by atoms with van der Waals surface area (Å²) < 4.78 is 2.43. The summed E-state index contributed by atoms with van der Waals surface area (Å²) in [6.07, 6.45) is 0. The normalized spacial score (nSPS) is 11.6. The van der Waals surface area contributed by atoms with Crippen molar-refractivity contribution in [2.45, 2.75) is 0 Å². The summed E-state index contributed by atoms with van der Waals surface area (Å²) >= 11 is 0. The van der Waals surface area contributed by atoms with Crippen molar-refractivity contribution < 1.29 is 0 Å². The van der Waals surface area contributed by atoms with Crippen LogP contribution in [0.4, 0.5) is 17.1 Å². The maximum absolute atomic E-state index is 2.47. The lowest BCUT2D eigenvalue weighted by molar-refractivity contribution is 1.17. The van der Waals surface area contributed by atoms with Crippen LogP contribution >= 0.6 is 0 Å². The number of benzene rings is 8. The van der Waals surface area contributed by atoms with Crippen LogP contribution in [0.3, 0.4) is 0 Å². The third-order valence-electron chi connectivity index (χ3n) is 8.91. The number of hydrogen-bond donors (Lipinski definition) is 0. The molecule has 0 aliphatic rings. The summed E-state index contributed by atoms with van der Waals surface area (Å²) in [5.74, 6) is 0. The molecule has 0 bridgehead atoms. The fourth-order valence-electron chi connectivity index (χ4n) is 7.05. The molecule has 0 unspecified atom stereocenters. The van der Waals surface area contributed by atoms with Crippen molar-refractivity contribution in [2.24, 2.45) is 0 Å². The molecule has 9 aromatic rings. The summed E-state index contributed by atoms with van der Waals surface area (Å²) in [4.78, 5) is 2.47. The maximum atomic E-state index is 2.47. The number of fused-ring (bicyclic) bond motifs is 8. The van der Waals surface area contributed by atoms with E-state index in [1.807, 2.05) is 0 Å². The first-order valence-corrected chi connectivity index (χ1v) is 15.1. The molecule has 2 heteroatoms. The molecule has 8 aromatic carbocycles. The van der Waals surface area contributed by atoms with E-state index in [-0.39, 0.29) is 0 Å². The molecule has 44 heavy (non-hydrogen) atoms. The molecule has 0 amide bonds. The van der Waals surface area contributed by atoms with Crippen LogP contribution in [-0.4, -0.2) is 4.57 Å². The van der Waals surface area contributed by atoms with Crippen molar-refractivity contribution in [3.05, 3.63) is 170 Å². The summed E-state index contributed by atoms with van der Waals surface area (Å²) in [5.41, 5.74) is 6.95. The SMILES string of the molecule is c1ccc(N(c2cc3ccccc3c3ccc4ccccc4c23)c2cccc3c4ccccc4n(-c4ccccc4)c23)cc1. The first-order chi connectivity index (χ1) is 21.9. The van der Waals surface area contributed by atoms with E-state index < -0.39 is 0 Å². The van der Waals surface area contributed by atoms with Crippen LogP contribution < -0.4 is 4.90 Å². The van der Waals surface area contributed by atoms with Crippen molar-refractivity contribution in [1.29, 1.82) is 0 Å². The summed E-state index contributed by atoms with van der Waals surface area (Å²) in [6.45, 7) is 0. The van der Waals surface area contributed by atoms with Gasteiger partial charge in [0, 0.05) is 27.5 Å². The van der Waals surface area contributed by atoms with Gasteiger partial charge in [-0.25, -0.2) is 0 Å². The lowest BCUT2D eigenvalue weighted by atomic mass is 9.94. The molecule has 1 aromatic heterocycles. The number of aromatic nitrogens is 1. The van der Waals surface area contributed by atoms with Gasteiger partial charge in [0.05, 0.1) is 22.4 Å². The fraction of sp³-hybridized carbons (Fsp3) is 0. The smallest absolute Gasteiger partial charge is 0.0782 e. The lowest BCUT2D eigenvalue weighted by Crippen LogP contribution is -2.12. The van der Waals surface area contributed by atoms with Crippen LogP contribution in [0.15, 0.2) is 170 Å². The van der Waals surface area contributed by atoms with Crippen LogP contribution in [0.1, 0.15) is 0 Å². The van der Waals surface area contributed by atoms with E-state index in [2.05, 4.69) is 179 Å². The van der Waals surface area contributed by atoms with E-state index in [1.54, 1.807) is 0 Å². The molecule has 9 rings (SSSR count). The number of rotatable bonds is 4. The average molecular weight is 561 g/mol. The zero-order valence-corrected chi connectivity index (χ0v) is 24.1. The number of anilines is 3. The predicted molar refractivity (Wildman–Crippen MR) is 188 cm³/mol. The van der Waals surface area contributed by atoms with Gasteiger partial charge in [0.2, 0.25) is 0 Å². The van der Waals surface area contributed by atoms with Crippen LogP contribution in [0.5, 0.6) is 0 Å². The Morgan fingerprint density at radius 3 is 1.84 bits per heavy atom. The minimum absolute atomic E-state index is 1.12. The molecule has 0 saturated carbocycles. The Morgan fingerprint density at radius 1 is 0.386 bits per heavy atom. The Kier molecular flexibility index (Phi) is 5.54. The second-order valence-electron chi connectivity index (χ2n) is 11.4. The predicted octanol–water partition coefficient (Wildman–Crippen LogP) is 11.7. The van der Waals surface area contributed by atoms with Gasteiger partial charge in [-0.1, -0.05) is 127 Å².